The molecule has 1 fully saturated rings. The molecular weight excluding hydrogens is 378 g/mol. The summed E-state index contributed by atoms with van der Waals surface area (Å²) in [5, 5.41) is 22.2. The van der Waals surface area contributed by atoms with Crippen LogP contribution in [0.4, 0.5) is 5.82 Å². The molecule has 1 aliphatic heterocycles. The van der Waals surface area contributed by atoms with Crippen molar-refractivity contribution in [3.8, 4) is 17.5 Å². The predicted octanol–water partition coefficient (Wildman–Crippen LogP) is 3.21. The Morgan fingerprint density at radius 1 is 1.03 bits per heavy atom. The Labute approximate surface area is 176 Å². The fraction of sp³-hybridized carbons (Fsp3) is 0.409. The van der Waals surface area contributed by atoms with Crippen LogP contribution in [0.15, 0.2) is 28.8 Å². The highest BCUT2D eigenvalue weighted by atomic mass is 16.5. The van der Waals surface area contributed by atoms with Crippen LogP contribution in [0.5, 0.6) is 0 Å². The molecule has 4 rings (SSSR count). The van der Waals surface area contributed by atoms with Gasteiger partial charge in [-0.1, -0.05) is 35.0 Å². The van der Waals surface area contributed by atoms with Crippen molar-refractivity contribution in [2.75, 3.05) is 31.1 Å². The van der Waals surface area contributed by atoms with Gasteiger partial charge in [-0.15, -0.1) is 5.10 Å². The molecule has 0 aliphatic carbocycles. The van der Waals surface area contributed by atoms with Gasteiger partial charge < -0.3 is 9.42 Å². The quantitative estimate of drug-likeness (QED) is 0.655. The molecule has 154 valence electrons. The van der Waals surface area contributed by atoms with E-state index in [0.717, 1.165) is 43.0 Å². The van der Waals surface area contributed by atoms with Crippen LogP contribution in [0, 0.1) is 32.1 Å². The predicted molar refractivity (Wildman–Crippen MR) is 113 cm³/mol. The van der Waals surface area contributed by atoms with E-state index in [4.69, 9.17) is 4.52 Å². The lowest BCUT2D eigenvalue weighted by atomic mass is 10.1. The molecular formula is C22H25N7O. The van der Waals surface area contributed by atoms with Crippen molar-refractivity contribution in [2.24, 2.45) is 0 Å². The number of anilines is 1. The first-order chi connectivity index (χ1) is 14.5. The number of hydrogen-bond acceptors (Lipinski definition) is 8. The highest BCUT2D eigenvalue weighted by Gasteiger charge is 2.28. The third-order valence-electron chi connectivity index (χ3n) is 5.82. The maximum absolute atomic E-state index is 9.57. The fourth-order valence-electron chi connectivity index (χ4n) is 3.65. The van der Waals surface area contributed by atoms with E-state index in [2.05, 4.69) is 50.1 Å². The Morgan fingerprint density at radius 2 is 1.73 bits per heavy atom. The first kappa shape index (κ1) is 20.0. The van der Waals surface area contributed by atoms with Gasteiger partial charge in [0.2, 0.25) is 11.7 Å². The van der Waals surface area contributed by atoms with Crippen molar-refractivity contribution in [1.29, 1.82) is 5.26 Å². The van der Waals surface area contributed by atoms with E-state index in [1.165, 1.54) is 5.56 Å². The van der Waals surface area contributed by atoms with Crippen molar-refractivity contribution >= 4 is 5.82 Å². The van der Waals surface area contributed by atoms with E-state index in [9.17, 15) is 5.26 Å². The summed E-state index contributed by atoms with van der Waals surface area (Å²) in [5.74, 6) is 1.90. The number of rotatable bonds is 4. The van der Waals surface area contributed by atoms with Crippen molar-refractivity contribution in [2.45, 2.75) is 33.7 Å². The Kier molecular flexibility index (Phi) is 5.46. The van der Waals surface area contributed by atoms with Gasteiger partial charge in [-0.3, -0.25) is 4.90 Å². The highest BCUT2D eigenvalue weighted by Crippen LogP contribution is 2.26. The van der Waals surface area contributed by atoms with Gasteiger partial charge in [-0.05, 0) is 33.3 Å². The van der Waals surface area contributed by atoms with Crippen LogP contribution in [0.3, 0.4) is 0 Å². The molecule has 2 aromatic heterocycles. The number of aryl methyl sites for hydroxylation is 2. The van der Waals surface area contributed by atoms with Crippen molar-refractivity contribution < 1.29 is 4.52 Å². The molecule has 8 nitrogen and oxygen atoms in total. The second-order valence-electron chi connectivity index (χ2n) is 7.74. The average Bonchev–Trinajstić information content (AvgIpc) is 3.26. The summed E-state index contributed by atoms with van der Waals surface area (Å²) in [4.78, 5) is 9.05. The topological polar surface area (TPSA) is 95.0 Å². The van der Waals surface area contributed by atoms with Crippen molar-refractivity contribution in [1.82, 2.24) is 25.2 Å². The third-order valence-corrected chi connectivity index (χ3v) is 5.82. The Bertz CT molecular complexity index is 1080. The Morgan fingerprint density at radius 3 is 2.40 bits per heavy atom. The van der Waals surface area contributed by atoms with Crippen LogP contribution in [-0.4, -0.2) is 51.4 Å². The molecule has 3 heterocycles. The summed E-state index contributed by atoms with van der Waals surface area (Å²) in [5.41, 5.74) is 4.45. The van der Waals surface area contributed by atoms with Crippen LogP contribution >= 0.6 is 0 Å². The number of hydrogen-bond donors (Lipinski definition) is 0. The van der Waals surface area contributed by atoms with Crippen LogP contribution in [0.2, 0.25) is 0 Å². The molecule has 1 saturated heterocycles. The summed E-state index contributed by atoms with van der Waals surface area (Å²) in [6.07, 6.45) is 0. The molecule has 1 aromatic carbocycles. The minimum atomic E-state index is 0.0140. The second kappa shape index (κ2) is 8.20. The van der Waals surface area contributed by atoms with E-state index in [0.29, 0.717) is 23.1 Å². The lowest BCUT2D eigenvalue weighted by molar-refractivity contribution is 0.164. The molecule has 1 aliphatic rings. The molecule has 0 unspecified atom stereocenters. The summed E-state index contributed by atoms with van der Waals surface area (Å²) in [7, 11) is 0. The average molecular weight is 403 g/mol. The zero-order chi connectivity index (χ0) is 21.3. The van der Waals surface area contributed by atoms with Crippen LogP contribution in [-0.2, 0) is 0 Å². The van der Waals surface area contributed by atoms with Gasteiger partial charge in [0, 0.05) is 31.7 Å². The first-order valence-corrected chi connectivity index (χ1v) is 10.1. The van der Waals surface area contributed by atoms with Gasteiger partial charge in [-0.2, -0.15) is 15.3 Å². The molecule has 0 radical (unpaired) electrons. The van der Waals surface area contributed by atoms with E-state index < -0.39 is 0 Å². The highest BCUT2D eigenvalue weighted by molar-refractivity contribution is 5.58. The van der Waals surface area contributed by atoms with Gasteiger partial charge >= 0.3 is 0 Å². The molecule has 1 atom stereocenters. The second-order valence-corrected chi connectivity index (χ2v) is 7.74. The van der Waals surface area contributed by atoms with Crippen molar-refractivity contribution in [3.63, 3.8) is 0 Å². The molecule has 0 bridgehead atoms. The summed E-state index contributed by atoms with van der Waals surface area (Å²) >= 11 is 0. The SMILES string of the molecule is Cc1ccc(-c2noc([C@H](C)N3CCN(c4nnc(C)c(C)c4C#N)CC3)n2)cc1. The fourth-order valence-corrected chi connectivity index (χ4v) is 3.65. The minimum Gasteiger partial charge on any atom is -0.351 e. The Hall–Kier alpha value is -3.31. The molecule has 0 saturated carbocycles. The zero-order valence-corrected chi connectivity index (χ0v) is 17.8. The zero-order valence-electron chi connectivity index (χ0n) is 17.8. The largest absolute Gasteiger partial charge is 0.351 e. The van der Waals surface area contributed by atoms with Gasteiger partial charge in [0.1, 0.15) is 11.6 Å². The van der Waals surface area contributed by atoms with Crippen molar-refractivity contribution in [3.05, 3.63) is 52.5 Å². The third kappa shape index (κ3) is 3.76. The van der Waals surface area contributed by atoms with Gasteiger partial charge in [0.25, 0.3) is 0 Å². The molecule has 8 heteroatoms. The molecule has 0 amide bonds. The molecule has 0 spiro atoms. The lowest BCUT2D eigenvalue weighted by Gasteiger charge is -2.37. The van der Waals surface area contributed by atoms with Crippen LogP contribution in [0.1, 0.15) is 41.2 Å². The number of piperazine rings is 1. The smallest absolute Gasteiger partial charge is 0.244 e. The number of nitrogens with zero attached hydrogens (tertiary/aromatic N) is 7. The first-order valence-electron chi connectivity index (χ1n) is 10.1. The summed E-state index contributed by atoms with van der Waals surface area (Å²) in [6, 6.07) is 10.4. The minimum absolute atomic E-state index is 0.0140. The normalized spacial score (nSPS) is 15.8. The molecule has 3 aromatic rings. The number of nitriles is 1. The summed E-state index contributed by atoms with van der Waals surface area (Å²) in [6.45, 7) is 11.1. The van der Waals surface area contributed by atoms with Gasteiger partial charge in [0.15, 0.2) is 5.82 Å². The van der Waals surface area contributed by atoms with Gasteiger partial charge in [-0.25, -0.2) is 0 Å². The monoisotopic (exact) mass is 403 g/mol. The van der Waals surface area contributed by atoms with E-state index in [-0.39, 0.29) is 6.04 Å². The van der Waals surface area contributed by atoms with Crippen LogP contribution in [0.25, 0.3) is 11.4 Å². The standard InChI is InChI=1S/C22H25N7O/c1-14-5-7-18(8-6-14)20-24-22(30-27-20)17(4)28-9-11-29(12-10-28)21-19(13-23)15(2)16(3)25-26-21/h5-8,17H,9-12H2,1-4H3/t17-/m0/s1. The van der Waals surface area contributed by atoms with Crippen LogP contribution < -0.4 is 4.90 Å². The molecule has 0 N–H and O–H groups in total. The molecule has 30 heavy (non-hydrogen) atoms. The van der Waals surface area contributed by atoms with E-state index in [1.807, 2.05) is 38.1 Å². The maximum Gasteiger partial charge on any atom is 0.244 e. The van der Waals surface area contributed by atoms with E-state index >= 15 is 0 Å². The maximum atomic E-state index is 9.57. The Balaban J connectivity index is 1.44. The lowest BCUT2D eigenvalue weighted by Crippen LogP contribution is -2.47. The number of benzene rings is 1. The number of aromatic nitrogens is 4. The van der Waals surface area contributed by atoms with Gasteiger partial charge in [0.05, 0.1) is 11.7 Å². The van der Waals surface area contributed by atoms with E-state index in [1.54, 1.807) is 0 Å². The summed E-state index contributed by atoms with van der Waals surface area (Å²) < 4.78 is 5.56.